The molecular weight excluding hydrogens is 465 g/mol. The highest BCUT2D eigenvalue weighted by atomic mass is 35.5. The number of benzene rings is 2. The maximum atomic E-state index is 14.4. The monoisotopic (exact) mass is 478 g/mol. The molecule has 0 aliphatic carbocycles. The van der Waals surface area contributed by atoms with Gasteiger partial charge in [0.2, 0.25) is 0 Å². The van der Waals surface area contributed by atoms with Crippen LogP contribution in [-0.4, -0.2) is 27.5 Å². The number of hydrogen-bond donors (Lipinski definition) is 3. The lowest BCUT2D eigenvalue weighted by atomic mass is 9.91. The van der Waals surface area contributed by atoms with E-state index in [1.165, 1.54) is 30.3 Å². The first-order valence-corrected chi connectivity index (χ1v) is 9.76. The maximum absolute atomic E-state index is 14.4. The number of aryl methyl sites for hydroxylation is 1. The van der Waals surface area contributed by atoms with Crippen molar-refractivity contribution in [1.29, 1.82) is 0 Å². The van der Waals surface area contributed by atoms with Gasteiger partial charge in [0.05, 0.1) is 5.69 Å². The summed E-state index contributed by atoms with van der Waals surface area (Å²) < 4.78 is 44.0. The number of alkyl halides is 3. The number of hydrogen-bond acceptors (Lipinski definition) is 4. The van der Waals surface area contributed by atoms with Gasteiger partial charge in [-0.15, -0.1) is 0 Å². The second-order valence-corrected chi connectivity index (χ2v) is 7.76. The molecule has 12 heteroatoms. The molecule has 1 aliphatic heterocycles. The van der Waals surface area contributed by atoms with Crippen LogP contribution in [0.2, 0.25) is 5.02 Å². The molecule has 3 aromatic rings. The van der Waals surface area contributed by atoms with E-state index in [0.717, 1.165) is 16.2 Å². The quantitative estimate of drug-likeness (QED) is 0.537. The number of anilines is 1. The van der Waals surface area contributed by atoms with Crippen molar-refractivity contribution in [3.05, 3.63) is 91.1 Å². The van der Waals surface area contributed by atoms with Crippen LogP contribution >= 0.6 is 11.6 Å². The number of H-pyrrole nitrogens is 1. The molecule has 0 saturated carbocycles. The highest BCUT2D eigenvalue weighted by Gasteiger charge is 2.68. The Kier molecular flexibility index (Phi) is 5.16. The normalized spacial score (nSPS) is 17.4. The molecule has 0 saturated heterocycles. The minimum atomic E-state index is -5.45. The maximum Gasteiger partial charge on any atom is 0.425 e. The first-order chi connectivity index (χ1) is 15.5. The molecule has 8 nitrogen and oxygen atoms in total. The average molecular weight is 479 g/mol. The van der Waals surface area contributed by atoms with Crippen LogP contribution in [0.1, 0.15) is 21.5 Å². The molecule has 1 atom stereocenters. The summed E-state index contributed by atoms with van der Waals surface area (Å²) in [7, 11) is 0. The lowest BCUT2D eigenvalue weighted by Crippen LogP contribution is -2.62. The van der Waals surface area contributed by atoms with Crippen molar-refractivity contribution in [3.63, 3.8) is 0 Å². The molecule has 2 amide bonds. The number of halogens is 4. The molecule has 2 heterocycles. The van der Waals surface area contributed by atoms with Crippen LogP contribution in [0.15, 0.2) is 58.1 Å². The summed E-state index contributed by atoms with van der Waals surface area (Å²) in [5.74, 6) is -3.73. The number of rotatable bonds is 3. The second kappa shape index (κ2) is 7.62. The summed E-state index contributed by atoms with van der Waals surface area (Å²) in [4.78, 5) is 52.4. The van der Waals surface area contributed by atoms with E-state index in [4.69, 9.17) is 11.6 Å². The van der Waals surface area contributed by atoms with Gasteiger partial charge in [0, 0.05) is 10.6 Å². The van der Waals surface area contributed by atoms with Crippen molar-refractivity contribution in [3.8, 4) is 5.69 Å². The topological polar surface area (TPSA) is 113 Å². The van der Waals surface area contributed by atoms with E-state index < -0.39 is 46.2 Å². The highest BCUT2D eigenvalue weighted by Crippen LogP contribution is 2.45. The lowest BCUT2D eigenvalue weighted by Gasteiger charge is -2.30. The van der Waals surface area contributed by atoms with Gasteiger partial charge in [0.25, 0.3) is 22.9 Å². The SMILES string of the molecule is Cc1ccc(-n2c3c(c(=O)[nH]c2=O)[C@@](NC(=O)c2cccc(Cl)c2)(C(F)(F)F)C(=O)N3)cc1. The molecule has 1 aromatic heterocycles. The predicted octanol–water partition coefficient (Wildman–Crippen LogP) is 2.63. The Bertz CT molecular complexity index is 1410. The number of fused-ring (bicyclic) bond motifs is 1. The van der Waals surface area contributed by atoms with E-state index in [1.807, 2.05) is 10.3 Å². The molecule has 4 rings (SSSR count). The summed E-state index contributed by atoms with van der Waals surface area (Å²) in [6.07, 6.45) is -5.45. The van der Waals surface area contributed by atoms with E-state index in [-0.39, 0.29) is 16.3 Å². The van der Waals surface area contributed by atoms with Crippen LogP contribution in [-0.2, 0) is 10.3 Å². The molecule has 0 spiro atoms. The number of aromatic nitrogens is 2. The number of amides is 2. The first kappa shape index (κ1) is 22.3. The molecule has 0 fully saturated rings. The van der Waals surface area contributed by atoms with Crippen molar-refractivity contribution >= 4 is 29.2 Å². The van der Waals surface area contributed by atoms with Crippen LogP contribution in [0.25, 0.3) is 5.69 Å². The summed E-state index contributed by atoms with van der Waals surface area (Å²) in [5, 5.41) is 3.70. The molecule has 2 aromatic carbocycles. The van der Waals surface area contributed by atoms with Crippen molar-refractivity contribution in [1.82, 2.24) is 14.9 Å². The number of aromatic amines is 1. The fourth-order valence-electron chi connectivity index (χ4n) is 3.59. The lowest BCUT2D eigenvalue weighted by molar-refractivity contribution is -0.196. The Balaban J connectivity index is 1.97. The second-order valence-electron chi connectivity index (χ2n) is 7.32. The van der Waals surface area contributed by atoms with E-state index in [1.54, 1.807) is 24.4 Å². The molecule has 0 bridgehead atoms. The van der Waals surface area contributed by atoms with Crippen LogP contribution in [0.3, 0.4) is 0 Å². The number of nitrogens with one attached hydrogen (secondary N) is 3. The summed E-state index contributed by atoms with van der Waals surface area (Å²) in [5.41, 5.74) is -6.82. The largest absolute Gasteiger partial charge is 0.425 e. The van der Waals surface area contributed by atoms with Gasteiger partial charge >= 0.3 is 11.9 Å². The van der Waals surface area contributed by atoms with Gasteiger partial charge in [-0.2, -0.15) is 13.2 Å². The van der Waals surface area contributed by atoms with Crippen molar-refractivity contribution in [2.75, 3.05) is 5.32 Å². The third-order valence-electron chi connectivity index (χ3n) is 5.16. The summed E-state index contributed by atoms with van der Waals surface area (Å²) in [6, 6.07) is 11.1. The minimum absolute atomic E-state index is 0.0750. The number of nitrogens with zero attached hydrogens (tertiary/aromatic N) is 1. The van der Waals surface area contributed by atoms with Crippen LogP contribution in [0, 0.1) is 6.92 Å². The van der Waals surface area contributed by atoms with Gasteiger partial charge in [0.1, 0.15) is 11.4 Å². The van der Waals surface area contributed by atoms with E-state index >= 15 is 0 Å². The zero-order valence-electron chi connectivity index (χ0n) is 16.7. The smallest absolute Gasteiger partial charge is 0.326 e. The Labute approximate surface area is 188 Å². The highest BCUT2D eigenvalue weighted by molar-refractivity contribution is 6.31. The Morgan fingerprint density at radius 1 is 1.09 bits per heavy atom. The van der Waals surface area contributed by atoms with Gasteiger partial charge in [-0.1, -0.05) is 35.4 Å². The van der Waals surface area contributed by atoms with E-state index in [0.29, 0.717) is 0 Å². The summed E-state index contributed by atoms with van der Waals surface area (Å²) in [6.45, 7) is 1.76. The third-order valence-corrected chi connectivity index (χ3v) is 5.40. The molecule has 0 unspecified atom stereocenters. The summed E-state index contributed by atoms with van der Waals surface area (Å²) >= 11 is 5.81. The molecular formula is C21H14ClF3N4O4. The van der Waals surface area contributed by atoms with Gasteiger partial charge < -0.3 is 10.6 Å². The van der Waals surface area contributed by atoms with Crippen LogP contribution in [0.5, 0.6) is 0 Å². The first-order valence-electron chi connectivity index (χ1n) is 9.39. The predicted molar refractivity (Wildman–Crippen MR) is 113 cm³/mol. The number of carbonyl (C=O) groups is 2. The molecule has 3 N–H and O–H groups in total. The minimum Gasteiger partial charge on any atom is -0.326 e. The molecule has 170 valence electrons. The standard InChI is InChI=1S/C21H14ClF3N4O4/c1-10-5-7-13(8-6-10)29-15-14(17(31)27-19(29)33)20(18(32)26-15,21(23,24)25)28-16(30)11-3-2-4-12(22)9-11/h2-9H,1H3,(H,26,32)(H,28,30)(H,27,31,33)/t20-/m0/s1. The van der Waals surface area contributed by atoms with Gasteiger partial charge in [-0.05, 0) is 37.3 Å². The molecule has 1 aliphatic rings. The van der Waals surface area contributed by atoms with Crippen LogP contribution in [0.4, 0.5) is 19.0 Å². The van der Waals surface area contributed by atoms with Crippen LogP contribution < -0.4 is 21.9 Å². The van der Waals surface area contributed by atoms with Gasteiger partial charge in [0.15, 0.2) is 0 Å². The Hall–Kier alpha value is -3.86. The van der Waals surface area contributed by atoms with Gasteiger partial charge in [-0.25, -0.2) is 9.36 Å². The Morgan fingerprint density at radius 3 is 2.36 bits per heavy atom. The molecule has 33 heavy (non-hydrogen) atoms. The fourth-order valence-corrected chi connectivity index (χ4v) is 3.78. The molecule has 0 radical (unpaired) electrons. The zero-order chi connectivity index (χ0) is 24.1. The fraction of sp³-hybridized carbons (Fsp3) is 0.143. The van der Waals surface area contributed by atoms with Gasteiger partial charge in [-0.3, -0.25) is 19.4 Å². The van der Waals surface area contributed by atoms with Crippen molar-refractivity contribution < 1.29 is 22.8 Å². The van der Waals surface area contributed by atoms with E-state index in [9.17, 15) is 32.3 Å². The number of carbonyl (C=O) groups excluding carboxylic acids is 2. The average Bonchev–Trinajstić information content (AvgIpc) is 3.02. The third kappa shape index (κ3) is 3.50. The van der Waals surface area contributed by atoms with E-state index in [2.05, 4.69) is 0 Å². The van der Waals surface area contributed by atoms with Crippen molar-refractivity contribution in [2.24, 2.45) is 0 Å². The Morgan fingerprint density at radius 2 is 1.76 bits per heavy atom. The zero-order valence-corrected chi connectivity index (χ0v) is 17.5. The van der Waals surface area contributed by atoms with Crippen molar-refractivity contribution in [2.45, 2.75) is 18.6 Å².